The number of ether oxygens (including phenoxy) is 4. The molecule has 2 atom stereocenters. The second-order valence-corrected chi connectivity index (χ2v) is 27.0. The van der Waals surface area contributed by atoms with Gasteiger partial charge in [-0.3, -0.25) is 18.9 Å². The number of amides is 4. The van der Waals surface area contributed by atoms with Crippen molar-refractivity contribution in [3.63, 3.8) is 0 Å². The number of benzene rings is 2. The highest BCUT2D eigenvalue weighted by Gasteiger charge is 2.35. The Balaban J connectivity index is 1.14. The molecule has 83 heavy (non-hydrogen) atoms. The molecule has 470 valence electrons. The Bertz CT molecular complexity index is 2230. The molecule has 0 fully saturated rings. The molecule has 3 rings (SSSR count). The number of hydrogen-bond acceptors (Lipinski definition) is 13. The number of fused-ring (bicyclic) bond motifs is 3. The third kappa shape index (κ3) is 33.4. The lowest BCUT2D eigenvalue weighted by Gasteiger charge is -2.32. The van der Waals surface area contributed by atoms with Crippen molar-refractivity contribution >= 4 is 43.3 Å². The molecule has 4 amide bonds. The molecule has 2 aromatic carbocycles. The van der Waals surface area contributed by atoms with E-state index in [0.29, 0.717) is 32.0 Å². The van der Waals surface area contributed by atoms with Crippen molar-refractivity contribution in [1.29, 1.82) is 0 Å². The summed E-state index contributed by atoms with van der Waals surface area (Å²) in [6.45, 7) is 17.7. The van der Waals surface area contributed by atoms with Crippen molar-refractivity contribution in [2.75, 3.05) is 52.3 Å². The van der Waals surface area contributed by atoms with Gasteiger partial charge in [0.15, 0.2) is 0 Å². The SMILES string of the molecule is CC(C)(C)OC(=O)[C@H](CCC(=O)NCCOCCOCC(=O)NCCCCC(NC(=O)OCC1c2ccccc2-c2ccccc21)C(=O)O)NC(=O)CCCCCCCCCCCCCCCCCCCP(=O)(OC(C)(C)C)OC(C)(C)C. The van der Waals surface area contributed by atoms with Crippen LogP contribution >= 0.6 is 7.60 Å². The summed E-state index contributed by atoms with van der Waals surface area (Å²) in [5.41, 5.74) is 2.52. The molecule has 0 saturated carbocycles. The molecule has 0 heterocycles. The van der Waals surface area contributed by atoms with E-state index in [1.807, 2.05) is 90.1 Å². The lowest BCUT2D eigenvalue weighted by atomic mass is 9.98. The second-order valence-electron chi connectivity index (χ2n) is 24.9. The van der Waals surface area contributed by atoms with E-state index in [1.165, 1.54) is 64.2 Å². The van der Waals surface area contributed by atoms with Crippen molar-refractivity contribution in [2.45, 2.75) is 245 Å². The minimum Gasteiger partial charge on any atom is -0.480 e. The Morgan fingerprint density at radius 1 is 0.518 bits per heavy atom. The van der Waals surface area contributed by atoms with Gasteiger partial charge in [-0.25, -0.2) is 14.4 Å². The van der Waals surface area contributed by atoms with Gasteiger partial charge in [0, 0.05) is 31.8 Å². The maximum Gasteiger partial charge on any atom is 0.407 e. The molecule has 0 aromatic heterocycles. The average molecular weight is 1190 g/mol. The number of esters is 1. The minimum atomic E-state index is -3.14. The van der Waals surface area contributed by atoms with Gasteiger partial charge in [-0.1, -0.05) is 145 Å². The zero-order valence-electron chi connectivity index (χ0n) is 52.0. The Labute approximate surface area is 497 Å². The first-order valence-electron chi connectivity index (χ1n) is 30.9. The summed E-state index contributed by atoms with van der Waals surface area (Å²) in [4.78, 5) is 75.4. The molecular formula is C64H105N4O14P. The van der Waals surface area contributed by atoms with Crippen LogP contribution in [-0.2, 0) is 56.5 Å². The summed E-state index contributed by atoms with van der Waals surface area (Å²) in [5, 5.41) is 20.5. The van der Waals surface area contributed by atoms with Crippen molar-refractivity contribution in [2.24, 2.45) is 0 Å². The largest absolute Gasteiger partial charge is 0.480 e. The van der Waals surface area contributed by atoms with Crippen LogP contribution < -0.4 is 21.3 Å². The van der Waals surface area contributed by atoms with E-state index in [-0.39, 0.29) is 82.5 Å². The first-order valence-corrected chi connectivity index (χ1v) is 32.6. The van der Waals surface area contributed by atoms with Gasteiger partial charge in [0.2, 0.25) is 17.7 Å². The quantitative estimate of drug-likeness (QED) is 0.0235. The van der Waals surface area contributed by atoms with Crippen LogP contribution in [0.15, 0.2) is 48.5 Å². The van der Waals surface area contributed by atoms with Gasteiger partial charge in [0.1, 0.15) is 30.9 Å². The second kappa shape index (κ2) is 39.0. The molecule has 5 N–H and O–H groups in total. The highest BCUT2D eigenvalue weighted by molar-refractivity contribution is 7.53. The summed E-state index contributed by atoms with van der Waals surface area (Å²) in [6.07, 6.45) is 20.5. The van der Waals surface area contributed by atoms with Gasteiger partial charge in [-0.15, -0.1) is 0 Å². The van der Waals surface area contributed by atoms with Crippen LogP contribution in [0.3, 0.4) is 0 Å². The van der Waals surface area contributed by atoms with Crippen LogP contribution in [0.4, 0.5) is 4.79 Å². The lowest BCUT2D eigenvalue weighted by molar-refractivity contribution is -0.159. The predicted octanol–water partition coefficient (Wildman–Crippen LogP) is 12.9. The number of unbranched alkanes of at least 4 members (excludes halogenated alkanes) is 17. The van der Waals surface area contributed by atoms with Crippen molar-refractivity contribution in [3.8, 4) is 11.1 Å². The molecule has 0 saturated heterocycles. The summed E-state index contributed by atoms with van der Waals surface area (Å²) in [7, 11) is -3.14. The van der Waals surface area contributed by atoms with Crippen LogP contribution in [0.5, 0.6) is 0 Å². The molecule has 1 unspecified atom stereocenters. The Morgan fingerprint density at radius 3 is 1.53 bits per heavy atom. The minimum absolute atomic E-state index is 0.00146. The van der Waals surface area contributed by atoms with Gasteiger partial charge >= 0.3 is 25.6 Å². The van der Waals surface area contributed by atoms with E-state index in [9.17, 15) is 38.4 Å². The fourth-order valence-corrected chi connectivity index (χ4v) is 12.4. The number of carbonyl (C=O) groups is 6. The number of carboxylic acid groups (broad SMARTS) is 1. The van der Waals surface area contributed by atoms with E-state index >= 15 is 0 Å². The van der Waals surface area contributed by atoms with Gasteiger partial charge in [-0.05, 0) is 123 Å². The van der Waals surface area contributed by atoms with Crippen LogP contribution in [0.25, 0.3) is 11.1 Å². The normalized spacial score (nSPS) is 13.4. The average Bonchev–Trinajstić information content (AvgIpc) is 2.02. The molecular weight excluding hydrogens is 1080 g/mol. The first-order chi connectivity index (χ1) is 39.3. The van der Waals surface area contributed by atoms with Crippen LogP contribution in [0.1, 0.15) is 227 Å². The Morgan fingerprint density at radius 2 is 1.01 bits per heavy atom. The van der Waals surface area contributed by atoms with E-state index in [1.54, 1.807) is 20.8 Å². The highest BCUT2D eigenvalue weighted by atomic mass is 31.2. The number of rotatable bonds is 44. The lowest BCUT2D eigenvalue weighted by Crippen LogP contribution is -2.44. The van der Waals surface area contributed by atoms with Gasteiger partial charge < -0.3 is 54.4 Å². The smallest absolute Gasteiger partial charge is 0.407 e. The molecule has 1 aliphatic rings. The monoisotopic (exact) mass is 1180 g/mol. The molecule has 0 aliphatic heterocycles. The van der Waals surface area contributed by atoms with Crippen LogP contribution in [-0.4, -0.2) is 122 Å². The predicted molar refractivity (Wildman–Crippen MR) is 325 cm³/mol. The van der Waals surface area contributed by atoms with Gasteiger partial charge in [-0.2, -0.15) is 0 Å². The van der Waals surface area contributed by atoms with Crippen LogP contribution in [0, 0.1) is 0 Å². The summed E-state index contributed by atoms with van der Waals surface area (Å²) in [5.74, 6) is -2.78. The molecule has 18 nitrogen and oxygen atoms in total. The number of nitrogens with one attached hydrogen (secondary N) is 4. The molecule has 2 aromatic rings. The Kier molecular flexibility index (Phi) is 34.0. The first kappa shape index (κ1) is 72.4. The molecule has 1 aliphatic carbocycles. The van der Waals surface area contributed by atoms with E-state index in [2.05, 4.69) is 21.3 Å². The van der Waals surface area contributed by atoms with Crippen molar-refractivity contribution < 1.29 is 66.4 Å². The molecule has 19 heteroatoms. The Hall–Kier alpha value is -4.87. The maximum absolute atomic E-state index is 13.4. The van der Waals surface area contributed by atoms with Crippen molar-refractivity contribution in [1.82, 2.24) is 21.3 Å². The zero-order valence-corrected chi connectivity index (χ0v) is 52.9. The number of carboxylic acids is 1. The number of aliphatic carboxylic acids is 1. The number of hydrogen-bond donors (Lipinski definition) is 5. The van der Waals surface area contributed by atoms with Crippen LogP contribution in [0.2, 0.25) is 0 Å². The summed E-state index contributed by atoms with van der Waals surface area (Å²) < 4.78 is 47.2. The van der Waals surface area contributed by atoms with E-state index in [4.69, 9.17) is 28.0 Å². The summed E-state index contributed by atoms with van der Waals surface area (Å²) >= 11 is 0. The highest BCUT2D eigenvalue weighted by Crippen LogP contribution is 2.55. The number of carbonyl (C=O) groups excluding carboxylic acids is 5. The summed E-state index contributed by atoms with van der Waals surface area (Å²) in [6, 6.07) is 13.8. The van der Waals surface area contributed by atoms with Crippen molar-refractivity contribution in [3.05, 3.63) is 59.7 Å². The third-order valence-corrected chi connectivity index (χ3v) is 16.2. The fraction of sp³-hybridized carbons (Fsp3) is 0.719. The van der Waals surface area contributed by atoms with E-state index in [0.717, 1.165) is 67.2 Å². The fourth-order valence-electron chi connectivity index (χ4n) is 9.88. The third-order valence-electron chi connectivity index (χ3n) is 13.7. The standard InChI is InChI=1S/C64H105N4O14P/c1-62(2,3)80-60(74)55(67-57(70)38-25-23-21-19-17-15-13-11-10-12-14-16-18-20-22-24-32-46-83(76,81-63(4,5)6)82-64(7,8)9)39-40-56(69)66-42-43-77-44-45-78-48-58(71)65-41-31-30-37-54(59(72)73)68-61(75)79-47-53-51-35-28-26-33-49(51)50-34-27-29-36-52(50)53/h26-29,33-36,53-55H,10-25,30-32,37-48H2,1-9H3,(H,65,71)(H,66,69)(H,67,70)(H,68,75)(H,72,73)/t54?,55-/m0/s1. The molecule has 0 radical (unpaired) electrons. The zero-order chi connectivity index (χ0) is 61.2. The van der Waals surface area contributed by atoms with E-state index < -0.39 is 54.5 Å². The number of alkyl carbamates (subject to hydrolysis) is 1. The topological polar surface area (TPSA) is 243 Å². The maximum atomic E-state index is 13.4. The molecule has 0 spiro atoms. The molecule has 0 bridgehead atoms. The van der Waals surface area contributed by atoms with Gasteiger partial charge in [0.05, 0.1) is 37.2 Å². The van der Waals surface area contributed by atoms with Gasteiger partial charge in [0.25, 0.3) is 0 Å².